The van der Waals surface area contributed by atoms with E-state index < -0.39 is 0 Å². The maximum Gasteiger partial charge on any atom is 0.0499 e. The predicted molar refractivity (Wildman–Crippen MR) is 78.9 cm³/mol. The first-order valence-electron chi connectivity index (χ1n) is 7.78. The third kappa shape index (κ3) is 7.17. The van der Waals surface area contributed by atoms with Crippen molar-refractivity contribution in [3.8, 4) is 0 Å². The average Bonchev–Trinajstić information content (AvgIpc) is 2.39. The second-order valence-electron chi connectivity index (χ2n) is 5.57. The van der Waals surface area contributed by atoms with Crippen LogP contribution in [0.4, 0.5) is 0 Å². The SMILES string of the molecule is CCCNCCCCCOCC1CC=CCC1C. The Morgan fingerprint density at radius 2 is 1.94 bits per heavy atom. The van der Waals surface area contributed by atoms with E-state index in [0.717, 1.165) is 38.1 Å². The number of hydrogen-bond donors (Lipinski definition) is 1. The molecule has 0 amide bonds. The summed E-state index contributed by atoms with van der Waals surface area (Å²) in [5.74, 6) is 1.55. The molecular formula is C16H31NO. The van der Waals surface area contributed by atoms with Crippen LogP contribution >= 0.6 is 0 Å². The van der Waals surface area contributed by atoms with Gasteiger partial charge in [-0.15, -0.1) is 0 Å². The molecule has 2 atom stereocenters. The highest BCUT2D eigenvalue weighted by molar-refractivity contribution is 4.93. The van der Waals surface area contributed by atoms with Gasteiger partial charge in [0.25, 0.3) is 0 Å². The van der Waals surface area contributed by atoms with E-state index >= 15 is 0 Å². The van der Waals surface area contributed by atoms with Crippen molar-refractivity contribution in [1.82, 2.24) is 5.32 Å². The Hall–Kier alpha value is -0.340. The second kappa shape index (κ2) is 10.6. The number of unbranched alkanes of at least 4 members (excludes halogenated alkanes) is 2. The topological polar surface area (TPSA) is 21.3 Å². The molecule has 0 heterocycles. The van der Waals surface area contributed by atoms with Gasteiger partial charge in [0.1, 0.15) is 0 Å². The Balaban J connectivity index is 1.85. The molecule has 1 rings (SSSR count). The minimum Gasteiger partial charge on any atom is -0.381 e. The molecule has 2 nitrogen and oxygen atoms in total. The molecular weight excluding hydrogens is 222 g/mol. The van der Waals surface area contributed by atoms with E-state index in [1.54, 1.807) is 0 Å². The third-order valence-corrected chi connectivity index (χ3v) is 3.82. The monoisotopic (exact) mass is 253 g/mol. The van der Waals surface area contributed by atoms with Crippen LogP contribution in [0.25, 0.3) is 0 Å². The molecule has 0 bridgehead atoms. The summed E-state index contributed by atoms with van der Waals surface area (Å²) in [6, 6.07) is 0. The molecule has 0 aromatic carbocycles. The molecule has 1 aliphatic rings. The number of rotatable bonds is 10. The lowest BCUT2D eigenvalue weighted by molar-refractivity contribution is 0.0765. The van der Waals surface area contributed by atoms with Gasteiger partial charge in [-0.2, -0.15) is 0 Å². The maximum absolute atomic E-state index is 5.82. The molecule has 2 heteroatoms. The van der Waals surface area contributed by atoms with E-state index in [0.29, 0.717) is 0 Å². The Morgan fingerprint density at radius 3 is 2.72 bits per heavy atom. The Labute approximate surface area is 113 Å². The first-order chi connectivity index (χ1) is 8.84. The first kappa shape index (κ1) is 15.7. The molecule has 1 aliphatic carbocycles. The molecule has 106 valence electrons. The normalized spacial score (nSPS) is 23.4. The van der Waals surface area contributed by atoms with Crippen molar-refractivity contribution in [1.29, 1.82) is 0 Å². The van der Waals surface area contributed by atoms with Gasteiger partial charge in [-0.25, -0.2) is 0 Å². The standard InChI is InChI=1S/C16H31NO/c1-3-11-17-12-7-4-8-13-18-14-16-10-6-5-9-15(16)2/h5-6,15-17H,3-4,7-14H2,1-2H3. The number of hydrogen-bond acceptors (Lipinski definition) is 2. The van der Waals surface area contributed by atoms with Crippen LogP contribution in [-0.2, 0) is 4.74 Å². The number of allylic oxidation sites excluding steroid dienone is 2. The van der Waals surface area contributed by atoms with E-state index in [2.05, 4.69) is 31.3 Å². The van der Waals surface area contributed by atoms with Crippen molar-refractivity contribution in [2.45, 2.75) is 52.4 Å². The van der Waals surface area contributed by atoms with Gasteiger partial charge in [-0.3, -0.25) is 0 Å². The van der Waals surface area contributed by atoms with Gasteiger partial charge >= 0.3 is 0 Å². The summed E-state index contributed by atoms with van der Waals surface area (Å²) >= 11 is 0. The van der Waals surface area contributed by atoms with Gasteiger partial charge in [0.15, 0.2) is 0 Å². The van der Waals surface area contributed by atoms with Crippen LogP contribution in [0.5, 0.6) is 0 Å². The Morgan fingerprint density at radius 1 is 1.11 bits per heavy atom. The average molecular weight is 253 g/mol. The van der Waals surface area contributed by atoms with Crippen LogP contribution in [0, 0.1) is 11.8 Å². The summed E-state index contributed by atoms with van der Waals surface area (Å²) in [6.07, 6.45) is 12.1. The van der Waals surface area contributed by atoms with E-state index in [-0.39, 0.29) is 0 Å². The minimum atomic E-state index is 0.751. The quantitative estimate of drug-likeness (QED) is 0.472. The highest BCUT2D eigenvalue weighted by Gasteiger charge is 2.17. The van der Waals surface area contributed by atoms with Crippen molar-refractivity contribution in [3.05, 3.63) is 12.2 Å². The third-order valence-electron chi connectivity index (χ3n) is 3.82. The zero-order chi connectivity index (χ0) is 13.1. The van der Waals surface area contributed by atoms with Crippen molar-refractivity contribution >= 4 is 0 Å². The van der Waals surface area contributed by atoms with Gasteiger partial charge in [-0.1, -0.05) is 26.0 Å². The fourth-order valence-electron chi connectivity index (χ4n) is 2.41. The van der Waals surface area contributed by atoms with Gasteiger partial charge in [0.05, 0.1) is 0 Å². The second-order valence-corrected chi connectivity index (χ2v) is 5.57. The van der Waals surface area contributed by atoms with Crippen LogP contribution in [0.2, 0.25) is 0 Å². The molecule has 1 N–H and O–H groups in total. The van der Waals surface area contributed by atoms with E-state index in [4.69, 9.17) is 4.74 Å². The Kier molecular flexibility index (Phi) is 9.23. The predicted octanol–water partition coefficient (Wildman–Crippen LogP) is 3.78. The lowest BCUT2D eigenvalue weighted by Gasteiger charge is -2.24. The van der Waals surface area contributed by atoms with Gasteiger partial charge in [0, 0.05) is 13.2 Å². The molecule has 0 aromatic heterocycles. The van der Waals surface area contributed by atoms with Crippen molar-refractivity contribution in [3.63, 3.8) is 0 Å². The summed E-state index contributed by atoms with van der Waals surface area (Å²) in [7, 11) is 0. The minimum absolute atomic E-state index is 0.751. The van der Waals surface area contributed by atoms with Crippen molar-refractivity contribution in [2.24, 2.45) is 11.8 Å². The lowest BCUT2D eigenvalue weighted by atomic mass is 9.85. The zero-order valence-corrected chi connectivity index (χ0v) is 12.3. The van der Waals surface area contributed by atoms with Gasteiger partial charge in [0.2, 0.25) is 0 Å². The summed E-state index contributed by atoms with van der Waals surface area (Å²) in [5, 5.41) is 3.44. The number of ether oxygens (including phenoxy) is 1. The molecule has 0 saturated heterocycles. The molecule has 0 saturated carbocycles. The van der Waals surface area contributed by atoms with Crippen LogP contribution in [-0.4, -0.2) is 26.3 Å². The van der Waals surface area contributed by atoms with Gasteiger partial charge in [-0.05, 0) is 63.5 Å². The smallest absolute Gasteiger partial charge is 0.0499 e. The van der Waals surface area contributed by atoms with Gasteiger partial charge < -0.3 is 10.1 Å². The summed E-state index contributed by atoms with van der Waals surface area (Å²) in [5.41, 5.74) is 0. The molecule has 0 radical (unpaired) electrons. The first-order valence-corrected chi connectivity index (χ1v) is 7.78. The highest BCUT2D eigenvalue weighted by Crippen LogP contribution is 2.24. The molecule has 0 aliphatic heterocycles. The summed E-state index contributed by atoms with van der Waals surface area (Å²) in [6.45, 7) is 8.78. The molecule has 0 fully saturated rings. The molecule has 18 heavy (non-hydrogen) atoms. The highest BCUT2D eigenvalue weighted by atomic mass is 16.5. The van der Waals surface area contributed by atoms with Crippen molar-refractivity contribution in [2.75, 3.05) is 26.3 Å². The molecule has 0 spiro atoms. The molecule has 2 unspecified atom stereocenters. The van der Waals surface area contributed by atoms with Crippen LogP contribution in [0.15, 0.2) is 12.2 Å². The van der Waals surface area contributed by atoms with Crippen LogP contribution < -0.4 is 5.32 Å². The zero-order valence-electron chi connectivity index (χ0n) is 12.3. The number of nitrogens with one attached hydrogen (secondary N) is 1. The largest absolute Gasteiger partial charge is 0.381 e. The van der Waals surface area contributed by atoms with Crippen molar-refractivity contribution < 1.29 is 4.74 Å². The lowest BCUT2D eigenvalue weighted by Crippen LogP contribution is -2.20. The van der Waals surface area contributed by atoms with E-state index in [1.807, 2.05) is 0 Å². The Bertz CT molecular complexity index is 215. The van der Waals surface area contributed by atoms with E-state index in [9.17, 15) is 0 Å². The fraction of sp³-hybridized carbons (Fsp3) is 0.875. The maximum atomic E-state index is 5.82. The summed E-state index contributed by atoms with van der Waals surface area (Å²) < 4.78 is 5.82. The van der Waals surface area contributed by atoms with Crippen LogP contribution in [0.1, 0.15) is 52.4 Å². The molecule has 0 aromatic rings. The van der Waals surface area contributed by atoms with Crippen LogP contribution in [0.3, 0.4) is 0 Å². The van der Waals surface area contributed by atoms with E-state index in [1.165, 1.54) is 38.5 Å². The summed E-state index contributed by atoms with van der Waals surface area (Å²) in [4.78, 5) is 0. The fourth-order valence-corrected chi connectivity index (χ4v) is 2.41.